The van der Waals surface area contributed by atoms with Gasteiger partial charge in [0.2, 0.25) is 0 Å². The molecule has 7 nitrogen and oxygen atoms in total. The number of pyridine rings is 2. The third kappa shape index (κ3) is 5.35. The molecule has 0 bridgehead atoms. The number of hydrogen-bond donors (Lipinski definition) is 0. The second-order valence-electron chi connectivity index (χ2n) is 8.20. The van der Waals surface area contributed by atoms with Gasteiger partial charge >= 0.3 is 0 Å². The fraction of sp³-hybridized carbons (Fsp3) is 0.143. The molecule has 5 rings (SSSR count). The van der Waals surface area contributed by atoms with Gasteiger partial charge in [0, 0.05) is 24.8 Å². The van der Waals surface area contributed by atoms with Crippen LogP contribution in [0.25, 0.3) is 22.9 Å². The van der Waals surface area contributed by atoms with Crippen molar-refractivity contribution < 1.29 is 13.9 Å². The van der Waals surface area contributed by atoms with Crippen molar-refractivity contribution in [1.29, 1.82) is 0 Å². The van der Waals surface area contributed by atoms with E-state index in [0.29, 0.717) is 36.5 Å². The summed E-state index contributed by atoms with van der Waals surface area (Å²) >= 11 is 0. The fourth-order valence-electron chi connectivity index (χ4n) is 3.59. The lowest BCUT2D eigenvalue weighted by molar-refractivity contribution is 0.306. The first-order chi connectivity index (χ1) is 17.2. The number of ether oxygens (including phenoxy) is 2. The van der Waals surface area contributed by atoms with Crippen LogP contribution in [0.1, 0.15) is 22.3 Å². The smallest absolute Gasteiger partial charge is 0.251 e. The Hall–Kier alpha value is -4.52. The number of aromatic nitrogens is 4. The number of rotatable bonds is 8. The second kappa shape index (κ2) is 10.2. The molecule has 7 heteroatoms. The van der Waals surface area contributed by atoms with Gasteiger partial charge in [-0.05, 0) is 73.5 Å². The maximum absolute atomic E-state index is 6.15. The Balaban J connectivity index is 1.42. The van der Waals surface area contributed by atoms with E-state index < -0.39 is 0 Å². The van der Waals surface area contributed by atoms with Gasteiger partial charge in [-0.15, -0.1) is 10.2 Å². The lowest BCUT2D eigenvalue weighted by Crippen LogP contribution is -1.97. The van der Waals surface area contributed by atoms with Crippen molar-refractivity contribution in [1.82, 2.24) is 20.2 Å². The minimum Gasteiger partial charge on any atom is -0.488 e. The van der Waals surface area contributed by atoms with E-state index in [1.54, 1.807) is 24.8 Å². The SMILES string of the molecule is Cc1ccc(OCc2ccncc2)c(-c2nnc(-c3cc(C)ccc3OCc3ccncc3)o2)c1. The van der Waals surface area contributed by atoms with Crippen molar-refractivity contribution in [3.8, 4) is 34.4 Å². The summed E-state index contributed by atoms with van der Waals surface area (Å²) in [7, 11) is 0. The molecule has 0 amide bonds. The summed E-state index contributed by atoms with van der Waals surface area (Å²) in [4.78, 5) is 8.10. The van der Waals surface area contributed by atoms with Gasteiger partial charge in [0.1, 0.15) is 24.7 Å². The number of benzene rings is 2. The maximum Gasteiger partial charge on any atom is 0.251 e. The highest BCUT2D eigenvalue weighted by molar-refractivity contribution is 5.68. The molecule has 0 radical (unpaired) electrons. The first kappa shape index (κ1) is 22.3. The molecule has 2 aromatic carbocycles. The minimum absolute atomic E-state index is 0.384. The third-order valence-electron chi connectivity index (χ3n) is 5.44. The highest BCUT2D eigenvalue weighted by Gasteiger charge is 2.18. The third-order valence-corrected chi connectivity index (χ3v) is 5.44. The lowest BCUT2D eigenvalue weighted by atomic mass is 10.1. The molecule has 0 atom stereocenters. The van der Waals surface area contributed by atoms with Crippen molar-refractivity contribution in [2.24, 2.45) is 0 Å². The molecule has 0 spiro atoms. The van der Waals surface area contributed by atoms with E-state index >= 15 is 0 Å². The summed E-state index contributed by atoms with van der Waals surface area (Å²) in [6.45, 7) is 4.84. The molecule has 0 saturated heterocycles. The predicted molar refractivity (Wildman–Crippen MR) is 132 cm³/mol. The molecule has 174 valence electrons. The topological polar surface area (TPSA) is 83.2 Å². The molecule has 3 aromatic heterocycles. The van der Waals surface area contributed by atoms with Crippen LogP contribution in [-0.2, 0) is 13.2 Å². The van der Waals surface area contributed by atoms with Crippen molar-refractivity contribution in [2.75, 3.05) is 0 Å². The van der Waals surface area contributed by atoms with Crippen LogP contribution in [0.2, 0.25) is 0 Å². The highest BCUT2D eigenvalue weighted by atomic mass is 16.5. The number of aryl methyl sites for hydroxylation is 2. The Labute approximate surface area is 203 Å². The van der Waals surface area contributed by atoms with E-state index in [9.17, 15) is 0 Å². The van der Waals surface area contributed by atoms with Crippen molar-refractivity contribution in [2.45, 2.75) is 27.1 Å². The van der Waals surface area contributed by atoms with Gasteiger partial charge in [-0.2, -0.15) is 0 Å². The molecule has 0 N–H and O–H groups in total. The van der Waals surface area contributed by atoms with Gasteiger partial charge in [0.25, 0.3) is 11.8 Å². The van der Waals surface area contributed by atoms with E-state index in [-0.39, 0.29) is 0 Å². The lowest BCUT2D eigenvalue weighted by Gasteiger charge is -2.11. The maximum atomic E-state index is 6.15. The summed E-state index contributed by atoms with van der Waals surface area (Å²) in [6, 6.07) is 19.5. The fourth-order valence-corrected chi connectivity index (χ4v) is 3.59. The van der Waals surface area contributed by atoms with Crippen LogP contribution in [0.3, 0.4) is 0 Å². The van der Waals surface area contributed by atoms with Crippen LogP contribution in [-0.4, -0.2) is 20.2 Å². The van der Waals surface area contributed by atoms with E-state index in [1.165, 1.54) is 0 Å². The van der Waals surface area contributed by atoms with Crippen LogP contribution < -0.4 is 9.47 Å². The molecule has 0 saturated carbocycles. The summed E-state index contributed by atoms with van der Waals surface area (Å²) in [5.41, 5.74) is 5.65. The van der Waals surface area contributed by atoms with Crippen LogP contribution in [0.4, 0.5) is 0 Å². The molecule has 5 aromatic rings. The van der Waals surface area contributed by atoms with Gasteiger partial charge < -0.3 is 13.9 Å². The van der Waals surface area contributed by atoms with Crippen molar-refractivity contribution >= 4 is 0 Å². The van der Waals surface area contributed by atoms with Gasteiger partial charge in [-0.3, -0.25) is 9.97 Å². The normalized spacial score (nSPS) is 10.8. The second-order valence-corrected chi connectivity index (χ2v) is 8.20. The molecule has 3 heterocycles. The van der Waals surface area contributed by atoms with Gasteiger partial charge in [-0.25, -0.2) is 0 Å². The van der Waals surface area contributed by atoms with E-state index in [4.69, 9.17) is 13.9 Å². The summed E-state index contributed by atoms with van der Waals surface area (Å²) < 4.78 is 18.3. The van der Waals surface area contributed by atoms with Crippen molar-refractivity contribution in [3.63, 3.8) is 0 Å². The Morgan fingerprint density at radius 3 is 1.46 bits per heavy atom. The first-order valence-electron chi connectivity index (χ1n) is 11.2. The Morgan fingerprint density at radius 2 is 1.03 bits per heavy atom. The molecule has 0 aliphatic rings. The van der Waals surface area contributed by atoms with Gasteiger partial charge in [0.05, 0.1) is 11.1 Å². The number of hydrogen-bond acceptors (Lipinski definition) is 7. The zero-order valence-corrected chi connectivity index (χ0v) is 19.5. The average Bonchev–Trinajstić information content (AvgIpc) is 3.38. The Bertz CT molecular complexity index is 1310. The number of nitrogens with zero attached hydrogens (tertiary/aromatic N) is 4. The van der Waals surface area contributed by atoms with Crippen LogP contribution in [0.5, 0.6) is 11.5 Å². The quantitative estimate of drug-likeness (QED) is 0.280. The zero-order valence-electron chi connectivity index (χ0n) is 19.5. The molecule has 0 aliphatic heterocycles. The predicted octanol–water partition coefficient (Wildman–Crippen LogP) is 5.97. The Morgan fingerprint density at radius 1 is 0.600 bits per heavy atom. The molecule has 0 fully saturated rings. The van der Waals surface area contributed by atoms with E-state index in [0.717, 1.165) is 33.4 Å². The molecule has 0 unspecified atom stereocenters. The van der Waals surface area contributed by atoms with Gasteiger partial charge in [0.15, 0.2) is 0 Å². The van der Waals surface area contributed by atoms with Gasteiger partial charge in [-0.1, -0.05) is 23.3 Å². The van der Waals surface area contributed by atoms with Crippen LogP contribution in [0.15, 0.2) is 89.9 Å². The van der Waals surface area contributed by atoms with Crippen LogP contribution >= 0.6 is 0 Å². The van der Waals surface area contributed by atoms with Crippen LogP contribution in [0, 0.1) is 13.8 Å². The average molecular weight is 465 g/mol. The minimum atomic E-state index is 0.384. The standard InChI is InChI=1S/C28H24N4O3/c1-19-3-5-25(33-17-21-7-11-29-12-8-21)23(15-19)27-31-32-28(35-27)24-16-20(2)4-6-26(24)34-18-22-9-13-30-14-10-22/h3-16H,17-18H2,1-2H3. The Kier molecular flexibility index (Phi) is 6.48. The molecule has 0 aliphatic carbocycles. The van der Waals surface area contributed by atoms with Crippen molar-refractivity contribution in [3.05, 3.63) is 108 Å². The zero-order chi connectivity index (χ0) is 24.0. The summed E-state index contributed by atoms with van der Waals surface area (Å²) in [5.74, 6) is 2.10. The molecular formula is C28H24N4O3. The summed E-state index contributed by atoms with van der Waals surface area (Å²) in [6.07, 6.45) is 6.98. The largest absolute Gasteiger partial charge is 0.488 e. The summed E-state index contributed by atoms with van der Waals surface area (Å²) in [5, 5.41) is 8.68. The molecule has 35 heavy (non-hydrogen) atoms. The first-order valence-corrected chi connectivity index (χ1v) is 11.2. The molecular weight excluding hydrogens is 440 g/mol. The highest BCUT2D eigenvalue weighted by Crippen LogP contribution is 2.35. The van der Waals surface area contributed by atoms with E-state index in [2.05, 4.69) is 20.2 Å². The monoisotopic (exact) mass is 464 g/mol. The van der Waals surface area contributed by atoms with E-state index in [1.807, 2.05) is 74.5 Å².